The van der Waals surface area contributed by atoms with E-state index in [0.29, 0.717) is 51.1 Å². The van der Waals surface area contributed by atoms with Crippen molar-refractivity contribution in [2.45, 2.75) is 13.0 Å². The second-order valence-electron chi connectivity index (χ2n) is 6.42. The molecule has 1 aromatic carbocycles. The summed E-state index contributed by atoms with van der Waals surface area (Å²) in [6, 6.07) is 5.87. The van der Waals surface area contributed by atoms with Crippen LogP contribution < -0.4 is 14.8 Å². The van der Waals surface area contributed by atoms with Crippen molar-refractivity contribution in [3.63, 3.8) is 0 Å². The predicted molar refractivity (Wildman–Crippen MR) is 102 cm³/mol. The van der Waals surface area contributed by atoms with Crippen molar-refractivity contribution in [1.29, 1.82) is 0 Å². The summed E-state index contributed by atoms with van der Waals surface area (Å²) in [6.07, 6.45) is 1.36. The molecule has 2 heterocycles. The molecule has 0 aliphatic carbocycles. The topological polar surface area (TPSA) is 78.5 Å². The first kappa shape index (κ1) is 20.3. The van der Waals surface area contributed by atoms with Gasteiger partial charge in [-0.25, -0.2) is 0 Å². The van der Waals surface area contributed by atoms with Crippen molar-refractivity contribution in [2.24, 2.45) is 0 Å². The van der Waals surface area contributed by atoms with Crippen LogP contribution in [0.1, 0.15) is 18.5 Å². The minimum Gasteiger partial charge on any atom is -0.494 e. The average molecular weight is 392 g/mol. The van der Waals surface area contributed by atoms with Crippen LogP contribution in [0.2, 0.25) is 0 Å². The van der Waals surface area contributed by atoms with E-state index in [1.165, 1.54) is 6.26 Å². The van der Waals surface area contributed by atoms with Crippen LogP contribution in [0, 0.1) is 0 Å². The van der Waals surface area contributed by atoms with Gasteiger partial charge in [0.2, 0.25) is 5.76 Å². The fraction of sp³-hybridized carbons (Fsp3) is 0.550. The maximum absolute atomic E-state index is 12.4. The number of hydrogen-bond donors (Lipinski definition) is 1. The van der Waals surface area contributed by atoms with Gasteiger partial charge in [0.15, 0.2) is 11.5 Å². The Balaban J connectivity index is 1.76. The minimum absolute atomic E-state index is 0.0254. The van der Waals surface area contributed by atoms with Crippen molar-refractivity contribution in [3.05, 3.63) is 35.8 Å². The highest BCUT2D eigenvalue weighted by Crippen LogP contribution is 2.32. The number of carbonyl (C=O) groups is 1. The van der Waals surface area contributed by atoms with E-state index in [1.54, 1.807) is 7.11 Å². The number of amides is 1. The number of nitrogens with zero attached hydrogens (tertiary/aromatic N) is 1. The molecule has 1 aromatic rings. The van der Waals surface area contributed by atoms with Crippen molar-refractivity contribution < 1.29 is 28.5 Å². The largest absolute Gasteiger partial charge is 0.494 e. The average Bonchev–Trinajstić information content (AvgIpc) is 2.76. The molecule has 154 valence electrons. The Bertz CT molecular complexity index is 687. The number of nitrogens with one attached hydrogen (secondary N) is 1. The second kappa shape index (κ2) is 10.2. The zero-order valence-corrected chi connectivity index (χ0v) is 16.4. The Labute approximate surface area is 165 Å². The number of hydrogen-bond acceptors (Lipinski definition) is 7. The van der Waals surface area contributed by atoms with Gasteiger partial charge in [-0.05, 0) is 24.6 Å². The van der Waals surface area contributed by atoms with Crippen LogP contribution in [0.3, 0.4) is 0 Å². The SMILES string of the molecule is CCOc1ccc(C(CNC(=O)C2=COCCO2)N2CCOCC2)cc1OC. The van der Waals surface area contributed by atoms with E-state index in [4.69, 9.17) is 23.7 Å². The lowest BCUT2D eigenvalue weighted by Crippen LogP contribution is -2.44. The molecule has 3 rings (SSSR count). The number of rotatable bonds is 8. The highest BCUT2D eigenvalue weighted by atomic mass is 16.6. The van der Waals surface area contributed by atoms with Gasteiger partial charge in [0.25, 0.3) is 5.91 Å². The molecule has 28 heavy (non-hydrogen) atoms. The molecule has 0 aromatic heterocycles. The van der Waals surface area contributed by atoms with Gasteiger partial charge >= 0.3 is 0 Å². The number of carbonyl (C=O) groups excluding carboxylic acids is 1. The van der Waals surface area contributed by atoms with Crippen molar-refractivity contribution in [3.8, 4) is 11.5 Å². The molecule has 1 N–H and O–H groups in total. The van der Waals surface area contributed by atoms with Crippen LogP contribution in [0.4, 0.5) is 0 Å². The van der Waals surface area contributed by atoms with Gasteiger partial charge in [-0.3, -0.25) is 9.69 Å². The zero-order valence-electron chi connectivity index (χ0n) is 16.4. The van der Waals surface area contributed by atoms with E-state index in [1.807, 2.05) is 25.1 Å². The molecule has 0 saturated carbocycles. The highest BCUT2D eigenvalue weighted by molar-refractivity contribution is 5.91. The summed E-state index contributed by atoms with van der Waals surface area (Å²) in [6.45, 7) is 6.68. The van der Waals surface area contributed by atoms with Crippen molar-refractivity contribution in [1.82, 2.24) is 10.2 Å². The Morgan fingerprint density at radius 3 is 2.71 bits per heavy atom. The molecule has 2 aliphatic rings. The van der Waals surface area contributed by atoms with Gasteiger partial charge in [-0.2, -0.15) is 0 Å². The molecular formula is C20H28N2O6. The third-order valence-corrected chi connectivity index (χ3v) is 4.69. The van der Waals surface area contributed by atoms with Crippen LogP contribution in [0.25, 0.3) is 0 Å². The Morgan fingerprint density at radius 1 is 1.21 bits per heavy atom. The number of morpholine rings is 1. The third-order valence-electron chi connectivity index (χ3n) is 4.69. The third kappa shape index (κ3) is 5.08. The quantitative estimate of drug-likeness (QED) is 0.718. The van der Waals surface area contributed by atoms with E-state index >= 15 is 0 Å². The Kier molecular flexibility index (Phi) is 7.39. The number of benzene rings is 1. The summed E-state index contributed by atoms with van der Waals surface area (Å²) < 4.78 is 27.1. The van der Waals surface area contributed by atoms with E-state index in [9.17, 15) is 4.79 Å². The zero-order chi connectivity index (χ0) is 19.8. The number of methoxy groups -OCH3 is 1. The number of ether oxygens (including phenoxy) is 5. The van der Waals surface area contributed by atoms with Gasteiger partial charge in [0.1, 0.15) is 19.5 Å². The van der Waals surface area contributed by atoms with Crippen LogP contribution in [0.5, 0.6) is 11.5 Å². The molecule has 0 spiro atoms. The first-order valence-electron chi connectivity index (χ1n) is 9.58. The molecule has 0 bridgehead atoms. The van der Waals surface area contributed by atoms with E-state index < -0.39 is 0 Å². The molecule has 1 amide bonds. The fourth-order valence-corrected chi connectivity index (χ4v) is 3.28. The van der Waals surface area contributed by atoms with Crippen LogP contribution in [-0.4, -0.2) is 70.6 Å². The predicted octanol–water partition coefficient (Wildman–Crippen LogP) is 1.47. The van der Waals surface area contributed by atoms with Gasteiger partial charge in [-0.15, -0.1) is 0 Å². The van der Waals surface area contributed by atoms with Crippen LogP contribution in [-0.2, 0) is 19.0 Å². The lowest BCUT2D eigenvalue weighted by atomic mass is 10.0. The first-order valence-corrected chi connectivity index (χ1v) is 9.58. The first-order chi connectivity index (χ1) is 13.7. The van der Waals surface area contributed by atoms with Crippen LogP contribution in [0.15, 0.2) is 30.2 Å². The van der Waals surface area contributed by atoms with E-state index in [-0.39, 0.29) is 17.7 Å². The maximum Gasteiger partial charge on any atom is 0.289 e. The summed E-state index contributed by atoms with van der Waals surface area (Å²) >= 11 is 0. The van der Waals surface area contributed by atoms with Gasteiger partial charge < -0.3 is 29.0 Å². The summed E-state index contributed by atoms with van der Waals surface area (Å²) in [5, 5.41) is 2.96. The fourth-order valence-electron chi connectivity index (χ4n) is 3.28. The standard InChI is InChI=1S/C20H28N2O6/c1-3-27-17-5-4-15(12-18(17)24-2)16(22-6-8-25-9-7-22)13-21-20(23)19-14-26-10-11-28-19/h4-5,12,14,16H,3,6-11,13H2,1-2H3,(H,21,23). The molecule has 0 radical (unpaired) electrons. The van der Waals surface area contributed by atoms with Gasteiger partial charge in [0.05, 0.1) is 33.0 Å². The Morgan fingerprint density at radius 2 is 2.04 bits per heavy atom. The lowest BCUT2D eigenvalue weighted by Gasteiger charge is -2.35. The van der Waals surface area contributed by atoms with Crippen LogP contribution >= 0.6 is 0 Å². The normalized spacial score (nSPS) is 18.3. The summed E-state index contributed by atoms with van der Waals surface area (Å²) in [7, 11) is 1.63. The maximum atomic E-state index is 12.4. The van der Waals surface area contributed by atoms with E-state index in [2.05, 4.69) is 10.2 Å². The Hall–Kier alpha value is -2.45. The molecule has 1 fully saturated rings. The highest BCUT2D eigenvalue weighted by Gasteiger charge is 2.25. The molecular weight excluding hydrogens is 364 g/mol. The summed E-state index contributed by atoms with van der Waals surface area (Å²) in [4.78, 5) is 14.7. The molecule has 1 unspecified atom stereocenters. The smallest absolute Gasteiger partial charge is 0.289 e. The van der Waals surface area contributed by atoms with Gasteiger partial charge in [-0.1, -0.05) is 6.07 Å². The molecule has 1 atom stereocenters. The molecule has 8 heteroatoms. The summed E-state index contributed by atoms with van der Waals surface area (Å²) in [5.74, 6) is 1.30. The summed E-state index contributed by atoms with van der Waals surface area (Å²) in [5.41, 5.74) is 1.04. The van der Waals surface area contributed by atoms with Gasteiger partial charge in [0, 0.05) is 19.6 Å². The van der Waals surface area contributed by atoms with E-state index in [0.717, 1.165) is 18.7 Å². The molecule has 8 nitrogen and oxygen atoms in total. The lowest BCUT2D eigenvalue weighted by molar-refractivity contribution is -0.122. The molecule has 2 aliphatic heterocycles. The molecule has 1 saturated heterocycles. The van der Waals surface area contributed by atoms with Crippen molar-refractivity contribution in [2.75, 3.05) is 59.8 Å². The van der Waals surface area contributed by atoms with Crippen molar-refractivity contribution >= 4 is 5.91 Å². The minimum atomic E-state index is -0.282. The second-order valence-corrected chi connectivity index (χ2v) is 6.42. The monoisotopic (exact) mass is 392 g/mol.